The minimum Gasteiger partial charge on any atom is -0.394 e. The molecule has 0 bridgehead atoms. The van der Waals surface area contributed by atoms with Gasteiger partial charge in [-0.15, -0.1) is 0 Å². The Kier molecular flexibility index (Phi) is 7.59. The lowest BCUT2D eigenvalue weighted by atomic mass is 10.0. The molecule has 1 aliphatic rings. The SMILES string of the molecule is CC(C)C[C@@H](CO)NC(=O)c1c([C@@H]2CCCN2)nc2c(C(=O)NCc3ccc4nc(N)sc4c3)cccn12. The summed E-state index contributed by atoms with van der Waals surface area (Å²) in [4.78, 5) is 35.9. The Morgan fingerprint density at radius 2 is 2.11 bits per heavy atom. The lowest BCUT2D eigenvalue weighted by molar-refractivity contribution is 0.0898. The summed E-state index contributed by atoms with van der Waals surface area (Å²) in [6.07, 6.45) is 4.25. The van der Waals surface area contributed by atoms with Crippen molar-refractivity contribution in [3.63, 3.8) is 0 Å². The Morgan fingerprint density at radius 3 is 2.84 bits per heavy atom. The number of carbonyl (C=O) groups excluding carboxylic acids is 2. The van der Waals surface area contributed by atoms with E-state index in [4.69, 9.17) is 10.7 Å². The van der Waals surface area contributed by atoms with Gasteiger partial charge in [-0.25, -0.2) is 9.97 Å². The second-order valence-electron chi connectivity index (χ2n) is 10.1. The average Bonchev–Trinajstić information content (AvgIpc) is 3.63. The van der Waals surface area contributed by atoms with Crippen LogP contribution in [0.3, 0.4) is 0 Å². The molecule has 4 heterocycles. The van der Waals surface area contributed by atoms with Crippen LogP contribution in [0.15, 0.2) is 36.5 Å². The largest absolute Gasteiger partial charge is 0.394 e. The number of thiazole rings is 1. The minimum absolute atomic E-state index is 0.0807. The van der Waals surface area contributed by atoms with Crippen LogP contribution < -0.4 is 21.7 Å². The maximum atomic E-state index is 13.5. The smallest absolute Gasteiger partial charge is 0.270 e. The predicted molar refractivity (Wildman–Crippen MR) is 148 cm³/mol. The zero-order chi connectivity index (χ0) is 26.8. The van der Waals surface area contributed by atoms with E-state index in [1.165, 1.54) is 11.3 Å². The molecule has 2 atom stereocenters. The number of benzene rings is 1. The number of nitrogen functional groups attached to an aromatic ring is 1. The van der Waals surface area contributed by atoms with Crippen molar-refractivity contribution < 1.29 is 14.7 Å². The van der Waals surface area contributed by atoms with Crippen molar-refractivity contribution in [3.05, 3.63) is 59.0 Å². The molecule has 0 unspecified atom stereocenters. The van der Waals surface area contributed by atoms with Crippen molar-refractivity contribution in [1.82, 2.24) is 30.3 Å². The van der Waals surface area contributed by atoms with Crippen molar-refractivity contribution in [2.45, 2.75) is 51.7 Å². The molecule has 38 heavy (non-hydrogen) atoms. The molecule has 0 spiro atoms. The van der Waals surface area contributed by atoms with Crippen LogP contribution in [0.5, 0.6) is 0 Å². The van der Waals surface area contributed by atoms with Gasteiger partial charge in [-0.2, -0.15) is 0 Å². The molecule has 10 nitrogen and oxygen atoms in total. The van der Waals surface area contributed by atoms with E-state index in [2.05, 4.69) is 20.9 Å². The molecule has 11 heteroatoms. The first kappa shape index (κ1) is 26.1. The molecular weight excluding hydrogens is 502 g/mol. The Morgan fingerprint density at radius 1 is 1.26 bits per heavy atom. The van der Waals surface area contributed by atoms with Crippen LogP contribution in [0.2, 0.25) is 0 Å². The van der Waals surface area contributed by atoms with Crippen molar-refractivity contribution in [3.8, 4) is 0 Å². The van der Waals surface area contributed by atoms with E-state index in [-0.39, 0.29) is 30.5 Å². The maximum Gasteiger partial charge on any atom is 0.270 e. The first-order valence-electron chi connectivity index (χ1n) is 12.9. The number of nitrogens with zero attached hydrogens (tertiary/aromatic N) is 3. The normalized spacial score (nSPS) is 16.4. The highest BCUT2D eigenvalue weighted by Crippen LogP contribution is 2.28. The molecule has 2 amide bonds. The van der Waals surface area contributed by atoms with Crippen molar-refractivity contribution in [2.24, 2.45) is 5.92 Å². The third-order valence-corrected chi connectivity index (χ3v) is 7.61. The first-order chi connectivity index (χ1) is 18.3. The van der Waals surface area contributed by atoms with E-state index in [1.54, 1.807) is 22.7 Å². The number of nitrogens with two attached hydrogens (primary N) is 1. The van der Waals surface area contributed by atoms with E-state index >= 15 is 0 Å². The fraction of sp³-hybridized carbons (Fsp3) is 0.407. The number of imidazole rings is 1. The van der Waals surface area contributed by atoms with Gasteiger partial charge >= 0.3 is 0 Å². The average molecular weight is 536 g/mol. The van der Waals surface area contributed by atoms with Gasteiger partial charge in [0.2, 0.25) is 0 Å². The molecule has 4 aromatic rings. The number of pyridine rings is 1. The van der Waals surface area contributed by atoms with Gasteiger partial charge in [0.15, 0.2) is 10.8 Å². The molecule has 6 N–H and O–H groups in total. The zero-order valence-electron chi connectivity index (χ0n) is 21.5. The molecular formula is C27H33N7O3S. The van der Waals surface area contributed by atoms with Crippen molar-refractivity contribution >= 4 is 44.1 Å². The summed E-state index contributed by atoms with van der Waals surface area (Å²) in [5.41, 5.74) is 9.40. The zero-order valence-corrected chi connectivity index (χ0v) is 22.3. The second-order valence-corrected chi connectivity index (χ2v) is 11.2. The van der Waals surface area contributed by atoms with E-state index in [0.29, 0.717) is 46.6 Å². The Labute approximate surface area is 224 Å². The van der Waals surface area contributed by atoms with E-state index in [0.717, 1.165) is 35.2 Å². The van der Waals surface area contributed by atoms with Crippen LogP contribution >= 0.6 is 11.3 Å². The number of anilines is 1. The lowest BCUT2D eigenvalue weighted by Crippen LogP contribution is -2.39. The number of hydrogen-bond donors (Lipinski definition) is 5. The molecule has 0 aliphatic carbocycles. The van der Waals surface area contributed by atoms with Crippen LogP contribution in [-0.2, 0) is 6.54 Å². The standard InChI is InChI=1S/C27H33N7O3S/c1-15(2)11-17(14-35)31-26(37)23-22(20-6-3-9-29-20)33-24-18(5-4-10-34(23)24)25(36)30-13-16-7-8-19-21(12-16)38-27(28)32-19/h4-5,7-8,10,12,15,17,20,29,35H,3,6,9,11,13-14H2,1-2H3,(H2,28,32)(H,30,36)(H,31,37)/t17-,20-/m0/s1. The van der Waals surface area contributed by atoms with Gasteiger partial charge in [0.05, 0.1) is 40.2 Å². The number of aliphatic hydroxyl groups is 1. The van der Waals surface area contributed by atoms with Gasteiger partial charge in [0.1, 0.15) is 5.69 Å². The second kappa shape index (κ2) is 11.1. The Bertz CT molecular complexity index is 1470. The summed E-state index contributed by atoms with van der Waals surface area (Å²) in [7, 11) is 0. The number of rotatable bonds is 9. The number of hydrogen-bond acceptors (Lipinski definition) is 8. The Hall–Kier alpha value is -3.54. The number of aromatic nitrogens is 3. The van der Waals surface area contributed by atoms with Crippen LogP contribution in [0.1, 0.15) is 71.3 Å². The number of nitrogens with one attached hydrogen (secondary N) is 3. The molecule has 5 rings (SSSR count). The van der Waals surface area contributed by atoms with E-state index in [9.17, 15) is 14.7 Å². The van der Waals surface area contributed by atoms with Gasteiger partial charge in [0.25, 0.3) is 11.8 Å². The van der Waals surface area contributed by atoms with Crippen LogP contribution in [0, 0.1) is 5.92 Å². The van der Waals surface area contributed by atoms with Gasteiger partial charge in [0, 0.05) is 12.7 Å². The van der Waals surface area contributed by atoms with Crippen molar-refractivity contribution in [1.29, 1.82) is 0 Å². The highest BCUT2D eigenvalue weighted by atomic mass is 32.1. The summed E-state index contributed by atoms with van der Waals surface area (Å²) < 4.78 is 2.66. The molecule has 1 aliphatic heterocycles. The number of aliphatic hydroxyl groups excluding tert-OH is 1. The van der Waals surface area contributed by atoms with Crippen LogP contribution in [0.4, 0.5) is 5.13 Å². The number of amides is 2. The van der Waals surface area contributed by atoms with Gasteiger partial charge < -0.3 is 26.8 Å². The first-order valence-corrected chi connectivity index (χ1v) is 13.7. The molecule has 1 aromatic carbocycles. The van der Waals surface area contributed by atoms with E-state index < -0.39 is 0 Å². The minimum atomic E-state index is -0.366. The van der Waals surface area contributed by atoms with Crippen LogP contribution in [-0.4, -0.2) is 50.5 Å². The molecule has 0 saturated carbocycles. The third kappa shape index (κ3) is 5.35. The Balaban J connectivity index is 1.44. The summed E-state index contributed by atoms with van der Waals surface area (Å²) in [5.74, 6) is -0.277. The topological polar surface area (TPSA) is 147 Å². The quantitative estimate of drug-likeness (QED) is 0.221. The number of carbonyl (C=O) groups is 2. The molecule has 1 fully saturated rings. The summed E-state index contributed by atoms with van der Waals surface area (Å²) >= 11 is 1.41. The molecule has 200 valence electrons. The molecule has 0 radical (unpaired) electrons. The maximum absolute atomic E-state index is 13.5. The highest BCUT2D eigenvalue weighted by molar-refractivity contribution is 7.22. The summed E-state index contributed by atoms with van der Waals surface area (Å²) in [6, 6.07) is 8.80. The van der Waals surface area contributed by atoms with Gasteiger partial charge in [-0.05, 0) is 61.6 Å². The fourth-order valence-corrected chi connectivity index (χ4v) is 5.82. The number of fused-ring (bicyclic) bond motifs is 2. The fourth-order valence-electron chi connectivity index (χ4n) is 5.03. The molecule has 3 aromatic heterocycles. The molecule has 1 saturated heterocycles. The van der Waals surface area contributed by atoms with E-state index in [1.807, 2.05) is 32.0 Å². The summed E-state index contributed by atoms with van der Waals surface area (Å²) in [6.45, 7) is 5.12. The highest BCUT2D eigenvalue weighted by Gasteiger charge is 2.30. The van der Waals surface area contributed by atoms with Crippen LogP contribution in [0.25, 0.3) is 15.9 Å². The predicted octanol–water partition coefficient (Wildman–Crippen LogP) is 3.02. The van der Waals surface area contributed by atoms with Gasteiger partial charge in [-0.1, -0.05) is 31.3 Å². The third-order valence-electron chi connectivity index (χ3n) is 6.76. The lowest BCUT2D eigenvalue weighted by Gasteiger charge is -2.19. The van der Waals surface area contributed by atoms with Crippen molar-refractivity contribution in [2.75, 3.05) is 18.9 Å². The summed E-state index contributed by atoms with van der Waals surface area (Å²) in [5, 5.41) is 19.7. The monoisotopic (exact) mass is 535 g/mol. The van der Waals surface area contributed by atoms with Gasteiger partial charge in [-0.3, -0.25) is 14.0 Å².